The van der Waals surface area contributed by atoms with E-state index < -0.39 is 11.9 Å². The van der Waals surface area contributed by atoms with E-state index in [1.807, 2.05) is 44.2 Å². The lowest BCUT2D eigenvalue weighted by atomic mass is 9.97. The second-order valence-corrected chi connectivity index (χ2v) is 8.93. The molecule has 4 aromatic rings. The molecule has 3 heterocycles. The van der Waals surface area contributed by atoms with Crippen molar-refractivity contribution in [3.63, 3.8) is 0 Å². The number of nitrogens with zero attached hydrogens (tertiary/aromatic N) is 2. The van der Waals surface area contributed by atoms with Crippen LogP contribution in [-0.2, 0) is 0 Å². The van der Waals surface area contributed by atoms with Crippen molar-refractivity contribution in [1.82, 2.24) is 4.98 Å². The van der Waals surface area contributed by atoms with Gasteiger partial charge in [0.25, 0.3) is 5.91 Å². The zero-order chi connectivity index (χ0) is 21.9. The topological polar surface area (TPSA) is 63.4 Å². The summed E-state index contributed by atoms with van der Waals surface area (Å²) in [6.07, 6.45) is 1.48. The molecule has 1 unspecified atom stereocenters. The first-order valence-electron chi connectivity index (χ1n) is 9.63. The van der Waals surface area contributed by atoms with Gasteiger partial charge in [0.2, 0.25) is 5.76 Å². The molecule has 2 aromatic heterocycles. The Balaban J connectivity index is 1.83. The number of aryl methyl sites for hydroxylation is 2. The van der Waals surface area contributed by atoms with E-state index >= 15 is 0 Å². The van der Waals surface area contributed by atoms with Gasteiger partial charge in [0.05, 0.1) is 22.0 Å². The standard InChI is InChI=1S/C24H16BrClN2O3/c1-12-8-17-18(9-13(12)2)31-23-20(22(17)29)21(14-4-3-5-15(25)10-14)28(24(23)30)19-7-6-16(26)11-27-19/h3-11,21H,1-2H3. The summed E-state index contributed by atoms with van der Waals surface area (Å²) >= 11 is 9.49. The van der Waals surface area contributed by atoms with E-state index in [2.05, 4.69) is 20.9 Å². The van der Waals surface area contributed by atoms with Gasteiger partial charge in [-0.05, 0) is 66.9 Å². The number of carbonyl (C=O) groups excluding carboxylic acids is 1. The maximum atomic E-state index is 13.6. The van der Waals surface area contributed by atoms with Crippen molar-refractivity contribution in [2.24, 2.45) is 0 Å². The van der Waals surface area contributed by atoms with Crippen molar-refractivity contribution >= 4 is 50.2 Å². The van der Waals surface area contributed by atoms with Crippen LogP contribution in [0.1, 0.15) is 38.9 Å². The molecular formula is C24H16BrClN2O3. The van der Waals surface area contributed by atoms with Gasteiger partial charge in [-0.25, -0.2) is 4.98 Å². The average Bonchev–Trinajstić information content (AvgIpc) is 3.03. The number of hydrogen-bond acceptors (Lipinski definition) is 4. The van der Waals surface area contributed by atoms with Crippen LogP contribution < -0.4 is 10.3 Å². The number of fused-ring (bicyclic) bond motifs is 2. The maximum Gasteiger partial charge on any atom is 0.296 e. The molecule has 1 aliphatic rings. The summed E-state index contributed by atoms with van der Waals surface area (Å²) in [6.45, 7) is 3.89. The third kappa shape index (κ3) is 3.18. The number of anilines is 1. The molecule has 0 N–H and O–H groups in total. The predicted molar refractivity (Wildman–Crippen MR) is 124 cm³/mol. The molecule has 1 atom stereocenters. The van der Waals surface area contributed by atoms with E-state index in [1.54, 1.807) is 18.2 Å². The zero-order valence-electron chi connectivity index (χ0n) is 16.6. The van der Waals surface area contributed by atoms with E-state index in [4.69, 9.17) is 16.0 Å². The summed E-state index contributed by atoms with van der Waals surface area (Å²) in [4.78, 5) is 33.0. The van der Waals surface area contributed by atoms with Crippen molar-refractivity contribution in [2.75, 3.05) is 4.90 Å². The summed E-state index contributed by atoms with van der Waals surface area (Å²) < 4.78 is 6.87. The first-order valence-corrected chi connectivity index (χ1v) is 10.8. The molecule has 154 valence electrons. The number of amides is 1. The van der Waals surface area contributed by atoms with Crippen molar-refractivity contribution in [1.29, 1.82) is 0 Å². The average molecular weight is 496 g/mol. The Kier molecular flexibility index (Phi) is 4.72. The second kappa shape index (κ2) is 7.32. The minimum atomic E-state index is -0.670. The third-order valence-corrected chi connectivity index (χ3v) is 6.33. The van der Waals surface area contributed by atoms with Crippen molar-refractivity contribution < 1.29 is 9.21 Å². The van der Waals surface area contributed by atoms with Gasteiger partial charge in [0.1, 0.15) is 11.4 Å². The normalized spacial score (nSPS) is 15.5. The quantitative estimate of drug-likeness (QED) is 0.344. The lowest BCUT2D eigenvalue weighted by Crippen LogP contribution is -2.30. The predicted octanol–water partition coefficient (Wildman–Crippen LogP) is 5.97. The molecule has 0 saturated carbocycles. The van der Waals surface area contributed by atoms with Gasteiger partial charge in [-0.2, -0.15) is 0 Å². The molecule has 0 radical (unpaired) electrons. The van der Waals surface area contributed by atoms with Gasteiger partial charge in [-0.3, -0.25) is 14.5 Å². The molecule has 2 aromatic carbocycles. The largest absolute Gasteiger partial charge is 0.450 e. The van der Waals surface area contributed by atoms with Crippen LogP contribution in [0.5, 0.6) is 0 Å². The van der Waals surface area contributed by atoms with E-state index in [0.29, 0.717) is 27.4 Å². The molecule has 1 aliphatic heterocycles. The fourth-order valence-electron chi connectivity index (χ4n) is 3.97. The van der Waals surface area contributed by atoms with Crippen LogP contribution in [0, 0.1) is 13.8 Å². The number of rotatable bonds is 2. The van der Waals surface area contributed by atoms with Gasteiger partial charge in [-0.1, -0.05) is 39.7 Å². The molecule has 0 fully saturated rings. The highest BCUT2D eigenvalue weighted by molar-refractivity contribution is 9.10. The summed E-state index contributed by atoms with van der Waals surface area (Å²) in [5.41, 5.74) is 3.25. The van der Waals surface area contributed by atoms with Gasteiger partial charge >= 0.3 is 0 Å². The summed E-state index contributed by atoms with van der Waals surface area (Å²) in [7, 11) is 0. The fourth-order valence-corrected chi connectivity index (χ4v) is 4.50. The smallest absolute Gasteiger partial charge is 0.296 e. The first-order chi connectivity index (χ1) is 14.8. The SMILES string of the molecule is Cc1cc2oc3c(c(=O)c2cc1C)C(c1cccc(Br)c1)N(c1ccc(Cl)cn1)C3=O. The molecule has 0 aliphatic carbocycles. The Morgan fingerprint density at radius 3 is 2.55 bits per heavy atom. The number of hydrogen-bond donors (Lipinski definition) is 0. The number of carbonyl (C=O) groups is 1. The van der Waals surface area contributed by atoms with Crippen LogP contribution in [0.4, 0.5) is 5.82 Å². The molecular weight excluding hydrogens is 480 g/mol. The Morgan fingerprint density at radius 1 is 1.06 bits per heavy atom. The number of pyridine rings is 1. The highest BCUT2D eigenvalue weighted by atomic mass is 79.9. The number of halogens is 2. The van der Waals surface area contributed by atoms with Crippen LogP contribution in [0.2, 0.25) is 5.02 Å². The van der Waals surface area contributed by atoms with Crippen LogP contribution >= 0.6 is 27.5 Å². The van der Waals surface area contributed by atoms with Crippen LogP contribution in [0.15, 0.2) is 68.4 Å². The minimum absolute atomic E-state index is 0.0440. The molecule has 0 saturated heterocycles. The Hall–Kier alpha value is -2.96. The van der Waals surface area contributed by atoms with E-state index in [9.17, 15) is 9.59 Å². The zero-order valence-corrected chi connectivity index (χ0v) is 19.0. The second-order valence-electron chi connectivity index (χ2n) is 7.57. The fraction of sp³-hybridized carbons (Fsp3) is 0.125. The maximum absolute atomic E-state index is 13.6. The summed E-state index contributed by atoms with van der Waals surface area (Å²) in [5, 5.41) is 0.915. The van der Waals surface area contributed by atoms with E-state index in [0.717, 1.165) is 21.2 Å². The van der Waals surface area contributed by atoms with Crippen molar-refractivity contribution in [2.45, 2.75) is 19.9 Å². The first kappa shape index (κ1) is 20.0. The third-order valence-electron chi connectivity index (χ3n) is 5.61. The highest BCUT2D eigenvalue weighted by Gasteiger charge is 2.44. The molecule has 5 nitrogen and oxygen atoms in total. The van der Waals surface area contributed by atoms with E-state index in [-0.39, 0.29) is 11.2 Å². The number of benzene rings is 2. The van der Waals surface area contributed by atoms with Gasteiger partial charge in [0.15, 0.2) is 5.43 Å². The summed E-state index contributed by atoms with van der Waals surface area (Å²) in [5.74, 6) is 0.0242. The Morgan fingerprint density at radius 2 is 1.84 bits per heavy atom. The lowest BCUT2D eigenvalue weighted by molar-refractivity contribution is 0.0970. The Bertz CT molecular complexity index is 1430. The molecule has 5 rings (SSSR count). The highest BCUT2D eigenvalue weighted by Crippen LogP contribution is 2.41. The Labute approximate surface area is 191 Å². The molecule has 0 bridgehead atoms. The van der Waals surface area contributed by atoms with Gasteiger partial charge < -0.3 is 4.42 Å². The number of aromatic nitrogens is 1. The van der Waals surface area contributed by atoms with Crippen LogP contribution in [-0.4, -0.2) is 10.9 Å². The monoisotopic (exact) mass is 494 g/mol. The van der Waals surface area contributed by atoms with Crippen LogP contribution in [0.3, 0.4) is 0 Å². The molecule has 31 heavy (non-hydrogen) atoms. The molecule has 1 amide bonds. The molecule has 0 spiro atoms. The van der Waals surface area contributed by atoms with Crippen molar-refractivity contribution in [3.8, 4) is 0 Å². The lowest BCUT2D eigenvalue weighted by Gasteiger charge is -2.24. The minimum Gasteiger partial charge on any atom is -0.450 e. The summed E-state index contributed by atoms with van der Waals surface area (Å²) in [6, 6.07) is 13.8. The van der Waals surface area contributed by atoms with Crippen LogP contribution in [0.25, 0.3) is 11.0 Å². The van der Waals surface area contributed by atoms with E-state index in [1.165, 1.54) is 11.1 Å². The van der Waals surface area contributed by atoms with Gasteiger partial charge in [0, 0.05) is 10.7 Å². The molecule has 7 heteroatoms. The van der Waals surface area contributed by atoms with Crippen molar-refractivity contribution in [3.05, 3.63) is 102 Å². The van der Waals surface area contributed by atoms with Gasteiger partial charge in [-0.15, -0.1) is 0 Å².